The molecule has 16 rings (SSSR count). The van der Waals surface area contributed by atoms with Crippen molar-refractivity contribution in [3.8, 4) is 56.4 Å². The summed E-state index contributed by atoms with van der Waals surface area (Å²) in [7, 11) is 0. The first-order chi connectivity index (χ1) is 47.3. The van der Waals surface area contributed by atoms with Gasteiger partial charge in [0.2, 0.25) is 0 Å². The summed E-state index contributed by atoms with van der Waals surface area (Å²) < 4.78 is 42.9. The fourth-order valence-corrected chi connectivity index (χ4v) is 14.6. The fourth-order valence-electron chi connectivity index (χ4n) is 14.6. The summed E-state index contributed by atoms with van der Waals surface area (Å²) in [6, 6.07) is 116. The lowest BCUT2D eigenvalue weighted by atomic mass is 9.67. The minimum Gasteiger partial charge on any atom is -0.457 e. The molecule has 14 aromatic rings. The highest BCUT2D eigenvalue weighted by Gasteiger charge is 2.48. The van der Waals surface area contributed by atoms with Gasteiger partial charge in [-0.3, -0.25) is 0 Å². The van der Waals surface area contributed by atoms with Crippen molar-refractivity contribution in [2.75, 3.05) is 9.80 Å². The van der Waals surface area contributed by atoms with Crippen LogP contribution in [0.4, 0.5) is 42.9 Å². The first-order valence-corrected chi connectivity index (χ1v) is 32.2. The van der Waals surface area contributed by atoms with Crippen molar-refractivity contribution in [1.29, 1.82) is 0 Å². The number of hydrogen-bond acceptors (Lipinski definition) is 4. The molecule has 0 heterocycles. The van der Waals surface area contributed by atoms with Gasteiger partial charge in [0.15, 0.2) is 0 Å². The van der Waals surface area contributed by atoms with E-state index in [4.69, 9.17) is 9.47 Å². The van der Waals surface area contributed by atoms with Crippen LogP contribution in [-0.2, 0) is 10.8 Å². The van der Waals surface area contributed by atoms with Gasteiger partial charge in [-0.25, -0.2) is 8.78 Å². The standard InChI is InChI=1S/C90H62F2N2O2/c1-3-61-23-49-77(50-24-61)95-79-53-35-67(36-54-79)89(65-31-39-69(91)40-32-65)85-21-13-11-19-81(85)83-57-47-75(59-87(83)89)93(71-15-7-5-8-16-71)73-43-27-63(28-44-73)64-29-45-74(46-30-64)94(72-17-9-6-10-18-72)76-48-58-84-82-20-12-14-22-86(82)90(88(84)60-76,66-33-41-70(92)42-34-66)68-37-55-80(56-38-68)96-78-51-25-62(4-2)26-52-78/h3-60H,1-2H2. The third kappa shape index (κ3) is 10.2. The molecule has 0 bridgehead atoms. The summed E-state index contributed by atoms with van der Waals surface area (Å²) in [5, 5.41) is 0. The Morgan fingerprint density at radius 3 is 0.885 bits per heavy atom. The molecule has 6 heteroatoms. The van der Waals surface area contributed by atoms with Crippen molar-refractivity contribution >= 4 is 46.3 Å². The molecule has 2 aliphatic rings. The van der Waals surface area contributed by atoms with Crippen LogP contribution >= 0.6 is 0 Å². The maximum atomic E-state index is 15.1. The summed E-state index contributed by atoms with van der Waals surface area (Å²) in [6.07, 6.45) is 3.63. The number of fused-ring (bicyclic) bond motifs is 6. The minimum absolute atomic E-state index is 0.295. The van der Waals surface area contributed by atoms with Crippen molar-refractivity contribution in [3.05, 3.63) is 420 Å². The zero-order valence-electron chi connectivity index (χ0n) is 52.4. The Kier molecular flexibility index (Phi) is 15.0. The quantitative estimate of drug-likeness (QED) is 0.0907. The zero-order chi connectivity index (χ0) is 64.7. The van der Waals surface area contributed by atoms with Gasteiger partial charge >= 0.3 is 0 Å². The number of halogens is 2. The Balaban J connectivity index is 0.755. The van der Waals surface area contributed by atoms with E-state index in [1.54, 1.807) is 24.3 Å². The van der Waals surface area contributed by atoms with Crippen molar-refractivity contribution in [2.45, 2.75) is 10.8 Å². The molecule has 2 unspecified atom stereocenters. The highest BCUT2D eigenvalue weighted by molar-refractivity contribution is 5.92. The molecular formula is C90H62F2N2O2. The smallest absolute Gasteiger partial charge is 0.127 e. The average Bonchev–Trinajstić information content (AvgIpc) is 1.53. The molecule has 0 spiro atoms. The monoisotopic (exact) mass is 1240 g/mol. The second-order valence-electron chi connectivity index (χ2n) is 24.3. The highest BCUT2D eigenvalue weighted by atomic mass is 19.1. The van der Waals surface area contributed by atoms with Gasteiger partial charge in [-0.05, 0) is 235 Å². The SMILES string of the molecule is C=Cc1ccc(Oc2ccc(C3(c4ccc(F)cc4)c4ccccc4-c4ccc(N(c5ccccc5)c5ccc(-c6ccc(N(c7ccccc7)c7ccc8c(c7)C(c7ccc(F)cc7)(c7ccc(Oc9ccc(C=C)cc9)cc7)c7ccccc7-8)cc6)cc5)cc43)cc2)cc1. The molecule has 0 aliphatic heterocycles. The van der Waals surface area contributed by atoms with E-state index < -0.39 is 10.8 Å². The lowest BCUT2D eigenvalue weighted by Gasteiger charge is -2.35. The van der Waals surface area contributed by atoms with Crippen molar-refractivity contribution < 1.29 is 18.3 Å². The van der Waals surface area contributed by atoms with Crippen LogP contribution in [0, 0.1) is 11.6 Å². The van der Waals surface area contributed by atoms with E-state index in [-0.39, 0.29) is 11.6 Å². The molecule has 14 aromatic carbocycles. The zero-order valence-corrected chi connectivity index (χ0v) is 52.4. The second-order valence-corrected chi connectivity index (χ2v) is 24.3. The summed E-state index contributed by atoms with van der Waals surface area (Å²) in [4.78, 5) is 4.62. The van der Waals surface area contributed by atoms with Crippen LogP contribution in [0.25, 0.3) is 45.5 Å². The van der Waals surface area contributed by atoms with Crippen LogP contribution in [0.1, 0.15) is 55.6 Å². The first-order valence-electron chi connectivity index (χ1n) is 32.2. The van der Waals surface area contributed by atoms with E-state index in [0.29, 0.717) is 11.5 Å². The number of hydrogen-bond donors (Lipinski definition) is 0. The molecule has 0 saturated carbocycles. The Bertz CT molecular complexity index is 4850. The Hall–Kier alpha value is -12.4. The molecule has 458 valence electrons. The van der Waals surface area contributed by atoms with Crippen LogP contribution in [0.5, 0.6) is 23.0 Å². The molecule has 96 heavy (non-hydrogen) atoms. The molecule has 4 nitrogen and oxygen atoms in total. The summed E-state index contributed by atoms with van der Waals surface area (Å²) >= 11 is 0. The topological polar surface area (TPSA) is 24.9 Å². The van der Waals surface area contributed by atoms with E-state index in [0.717, 1.165) is 135 Å². The number of anilines is 6. The maximum absolute atomic E-state index is 15.1. The Labute approximate surface area is 558 Å². The fraction of sp³-hybridized carbons (Fsp3) is 0.0222. The van der Waals surface area contributed by atoms with Crippen LogP contribution in [-0.4, -0.2) is 0 Å². The normalized spacial score (nSPS) is 14.7. The summed E-state index contributed by atoms with van der Waals surface area (Å²) in [6.45, 7) is 7.80. The molecular weight excluding hydrogens is 1180 g/mol. The molecule has 0 N–H and O–H groups in total. The third-order valence-electron chi connectivity index (χ3n) is 19.0. The van der Waals surface area contributed by atoms with Crippen molar-refractivity contribution in [3.63, 3.8) is 0 Å². The number of nitrogens with zero attached hydrogens (tertiary/aromatic N) is 2. The molecule has 0 saturated heterocycles. The molecule has 2 aliphatic carbocycles. The summed E-state index contributed by atoms with van der Waals surface area (Å²) in [5.74, 6) is 2.27. The van der Waals surface area contributed by atoms with Gasteiger partial charge in [0.1, 0.15) is 34.6 Å². The van der Waals surface area contributed by atoms with E-state index in [2.05, 4.69) is 229 Å². The molecule has 0 radical (unpaired) electrons. The lowest BCUT2D eigenvalue weighted by Crippen LogP contribution is -2.28. The van der Waals surface area contributed by atoms with E-state index >= 15 is 8.78 Å². The van der Waals surface area contributed by atoms with Gasteiger partial charge in [0, 0.05) is 34.1 Å². The number of ether oxygens (including phenoxy) is 2. The van der Waals surface area contributed by atoms with Crippen LogP contribution in [0.2, 0.25) is 0 Å². The predicted octanol–water partition coefficient (Wildman–Crippen LogP) is 24.2. The number of para-hydroxylation sites is 2. The van der Waals surface area contributed by atoms with Gasteiger partial charge < -0.3 is 19.3 Å². The molecule has 0 amide bonds. The first kappa shape index (κ1) is 58.7. The van der Waals surface area contributed by atoms with E-state index in [9.17, 15) is 0 Å². The third-order valence-corrected chi connectivity index (χ3v) is 19.0. The maximum Gasteiger partial charge on any atom is 0.127 e. The van der Waals surface area contributed by atoms with Gasteiger partial charge in [-0.1, -0.05) is 219 Å². The van der Waals surface area contributed by atoms with Crippen LogP contribution < -0.4 is 19.3 Å². The highest BCUT2D eigenvalue weighted by Crippen LogP contribution is 2.60. The van der Waals surface area contributed by atoms with Crippen molar-refractivity contribution in [2.24, 2.45) is 0 Å². The van der Waals surface area contributed by atoms with Gasteiger partial charge in [0.05, 0.1) is 10.8 Å². The van der Waals surface area contributed by atoms with E-state index in [1.807, 2.05) is 121 Å². The van der Waals surface area contributed by atoms with Gasteiger partial charge in [-0.15, -0.1) is 0 Å². The molecule has 2 atom stereocenters. The number of rotatable bonds is 17. The number of benzene rings is 14. The second kappa shape index (κ2) is 24.6. The summed E-state index contributed by atoms with van der Waals surface area (Å²) in [5.41, 5.74) is 21.3. The lowest BCUT2D eigenvalue weighted by molar-refractivity contribution is 0.482. The Morgan fingerprint density at radius 2 is 0.542 bits per heavy atom. The van der Waals surface area contributed by atoms with Crippen molar-refractivity contribution in [1.82, 2.24) is 0 Å². The van der Waals surface area contributed by atoms with Crippen LogP contribution in [0.3, 0.4) is 0 Å². The predicted molar refractivity (Wildman–Crippen MR) is 389 cm³/mol. The molecule has 0 aromatic heterocycles. The van der Waals surface area contributed by atoms with Gasteiger partial charge in [-0.2, -0.15) is 0 Å². The molecule has 0 fully saturated rings. The van der Waals surface area contributed by atoms with Crippen LogP contribution in [0.15, 0.2) is 353 Å². The average molecular weight is 1240 g/mol. The van der Waals surface area contributed by atoms with E-state index in [1.165, 1.54) is 0 Å². The largest absolute Gasteiger partial charge is 0.457 e. The Morgan fingerprint density at radius 1 is 0.260 bits per heavy atom. The van der Waals surface area contributed by atoms with Gasteiger partial charge in [0.25, 0.3) is 0 Å². The minimum atomic E-state index is -0.821.